The molecule has 0 aliphatic heterocycles. The Hall–Kier alpha value is -0.540. The van der Waals surface area contributed by atoms with Crippen molar-refractivity contribution in [1.29, 1.82) is 0 Å². The first-order valence-electron chi connectivity index (χ1n) is 6.42. The van der Waals surface area contributed by atoms with Gasteiger partial charge in [0, 0.05) is 0 Å². The summed E-state index contributed by atoms with van der Waals surface area (Å²) in [6.45, 7) is 5.26. The van der Waals surface area contributed by atoms with Gasteiger partial charge in [-0.25, -0.2) is 0 Å². The lowest BCUT2D eigenvalue weighted by Gasteiger charge is -2.07. The Bertz CT molecular complexity index is 304. The number of hydrogen-bond donors (Lipinski definition) is 1. The van der Waals surface area contributed by atoms with E-state index in [2.05, 4.69) is 28.2 Å². The highest BCUT2D eigenvalue weighted by molar-refractivity contribution is 9.10. The summed E-state index contributed by atoms with van der Waals surface area (Å²) < 4.78 is 6.73. The van der Waals surface area contributed by atoms with E-state index in [9.17, 15) is 0 Å². The first-order valence-corrected chi connectivity index (χ1v) is 7.22. The van der Waals surface area contributed by atoms with Gasteiger partial charge in [-0.1, -0.05) is 19.1 Å². The van der Waals surface area contributed by atoms with Crippen LogP contribution >= 0.6 is 15.9 Å². The van der Waals surface area contributed by atoms with E-state index in [1.165, 1.54) is 19.3 Å². The molecule has 17 heavy (non-hydrogen) atoms. The van der Waals surface area contributed by atoms with Crippen LogP contribution < -0.4 is 10.1 Å². The summed E-state index contributed by atoms with van der Waals surface area (Å²) in [6.07, 6.45) is 4.79. The molecule has 0 bridgehead atoms. The van der Waals surface area contributed by atoms with Gasteiger partial charge in [-0.15, -0.1) is 0 Å². The highest BCUT2D eigenvalue weighted by atomic mass is 79.9. The molecule has 1 N–H and O–H groups in total. The molecule has 0 saturated heterocycles. The molecule has 0 aliphatic carbocycles. The van der Waals surface area contributed by atoms with Gasteiger partial charge >= 0.3 is 0 Å². The van der Waals surface area contributed by atoms with Gasteiger partial charge in [-0.2, -0.15) is 0 Å². The van der Waals surface area contributed by atoms with E-state index in [-0.39, 0.29) is 0 Å². The number of nitrogens with one attached hydrogen (secondary N) is 1. The summed E-state index contributed by atoms with van der Waals surface area (Å²) in [5.74, 6) is 0.941. The van der Waals surface area contributed by atoms with Crippen molar-refractivity contribution >= 4 is 15.9 Å². The van der Waals surface area contributed by atoms with Crippen LogP contribution in [0.15, 0.2) is 28.7 Å². The third-order valence-electron chi connectivity index (χ3n) is 2.52. The summed E-state index contributed by atoms with van der Waals surface area (Å²) in [7, 11) is 0. The van der Waals surface area contributed by atoms with Crippen LogP contribution in [-0.2, 0) is 0 Å². The van der Waals surface area contributed by atoms with Crippen molar-refractivity contribution in [2.75, 3.05) is 19.7 Å². The molecular weight excluding hydrogens is 278 g/mol. The van der Waals surface area contributed by atoms with Gasteiger partial charge in [-0.3, -0.25) is 0 Å². The zero-order valence-corrected chi connectivity index (χ0v) is 12.1. The predicted molar refractivity (Wildman–Crippen MR) is 76.6 cm³/mol. The van der Waals surface area contributed by atoms with Crippen molar-refractivity contribution in [3.8, 4) is 5.75 Å². The maximum absolute atomic E-state index is 5.70. The van der Waals surface area contributed by atoms with Crippen molar-refractivity contribution in [2.45, 2.75) is 32.6 Å². The minimum absolute atomic E-state index is 0.802. The largest absolute Gasteiger partial charge is 0.492 e. The lowest BCUT2D eigenvalue weighted by atomic mass is 10.2. The monoisotopic (exact) mass is 299 g/mol. The zero-order valence-electron chi connectivity index (χ0n) is 10.5. The van der Waals surface area contributed by atoms with Crippen LogP contribution in [0.3, 0.4) is 0 Å². The van der Waals surface area contributed by atoms with E-state index in [4.69, 9.17) is 4.74 Å². The molecule has 96 valence electrons. The van der Waals surface area contributed by atoms with E-state index < -0.39 is 0 Å². The van der Waals surface area contributed by atoms with E-state index in [1.54, 1.807) is 0 Å². The van der Waals surface area contributed by atoms with Crippen LogP contribution in [0.5, 0.6) is 5.75 Å². The first-order chi connectivity index (χ1) is 8.34. The van der Waals surface area contributed by atoms with E-state index in [0.29, 0.717) is 0 Å². The molecule has 0 radical (unpaired) electrons. The SMILES string of the molecule is CCCNCCCCCOc1ccccc1Br. The van der Waals surface area contributed by atoms with E-state index in [0.717, 1.165) is 36.3 Å². The molecule has 1 aromatic carbocycles. The zero-order chi connectivity index (χ0) is 12.3. The van der Waals surface area contributed by atoms with Gasteiger partial charge in [0.2, 0.25) is 0 Å². The summed E-state index contributed by atoms with van der Waals surface area (Å²) in [6, 6.07) is 7.99. The lowest BCUT2D eigenvalue weighted by Crippen LogP contribution is -2.15. The average Bonchev–Trinajstić information content (AvgIpc) is 2.35. The number of rotatable bonds is 9. The van der Waals surface area contributed by atoms with Crippen LogP contribution in [0, 0.1) is 0 Å². The minimum Gasteiger partial charge on any atom is -0.492 e. The summed E-state index contributed by atoms with van der Waals surface area (Å²) >= 11 is 3.47. The van der Waals surface area contributed by atoms with Gasteiger partial charge in [0.15, 0.2) is 0 Å². The normalized spacial score (nSPS) is 10.5. The molecule has 0 spiro atoms. The van der Waals surface area contributed by atoms with Crippen molar-refractivity contribution in [3.63, 3.8) is 0 Å². The molecule has 1 rings (SSSR count). The minimum atomic E-state index is 0.802. The van der Waals surface area contributed by atoms with Crippen molar-refractivity contribution in [1.82, 2.24) is 5.32 Å². The molecule has 0 amide bonds. The summed E-state index contributed by atoms with van der Waals surface area (Å²) in [5, 5.41) is 3.40. The molecular formula is C14H22BrNO. The van der Waals surface area contributed by atoms with E-state index in [1.807, 2.05) is 24.3 Å². The standard InChI is InChI=1S/C14H22BrNO/c1-2-10-16-11-6-3-7-12-17-14-9-5-4-8-13(14)15/h4-5,8-9,16H,2-3,6-7,10-12H2,1H3. The highest BCUT2D eigenvalue weighted by Crippen LogP contribution is 2.23. The molecule has 0 aliphatic rings. The van der Waals surface area contributed by atoms with Gasteiger partial charge in [0.25, 0.3) is 0 Å². The van der Waals surface area contributed by atoms with Gasteiger partial charge in [0.05, 0.1) is 11.1 Å². The Morgan fingerprint density at radius 1 is 1.12 bits per heavy atom. The maximum atomic E-state index is 5.70. The number of unbranched alkanes of at least 4 members (excludes halogenated alkanes) is 2. The number of halogens is 1. The van der Waals surface area contributed by atoms with Crippen LogP contribution in [0.25, 0.3) is 0 Å². The van der Waals surface area contributed by atoms with Gasteiger partial charge < -0.3 is 10.1 Å². The van der Waals surface area contributed by atoms with E-state index >= 15 is 0 Å². The highest BCUT2D eigenvalue weighted by Gasteiger charge is 1.98. The second-order valence-electron chi connectivity index (χ2n) is 4.09. The molecule has 0 unspecified atom stereocenters. The molecule has 2 nitrogen and oxygen atoms in total. The molecule has 3 heteroatoms. The van der Waals surface area contributed by atoms with Gasteiger partial charge in [0.1, 0.15) is 5.75 Å². The predicted octanol–water partition coefficient (Wildman–Crippen LogP) is 4.00. The van der Waals surface area contributed by atoms with Crippen LogP contribution in [0.2, 0.25) is 0 Å². The van der Waals surface area contributed by atoms with Crippen molar-refractivity contribution in [2.24, 2.45) is 0 Å². The Labute approximate surface area is 113 Å². The van der Waals surface area contributed by atoms with Crippen LogP contribution in [0.1, 0.15) is 32.6 Å². The Morgan fingerprint density at radius 2 is 1.94 bits per heavy atom. The van der Waals surface area contributed by atoms with Crippen LogP contribution in [-0.4, -0.2) is 19.7 Å². The second-order valence-corrected chi connectivity index (χ2v) is 4.94. The molecule has 0 aromatic heterocycles. The third kappa shape index (κ3) is 6.69. The quantitative estimate of drug-likeness (QED) is 0.696. The lowest BCUT2D eigenvalue weighted by molar-refractivity contribution is 0.303. The maximum Gasteiger partial charge on any atom is 0.133 e. The fourth-order valence-corrected chi connectivity index (χ4v) is 1.97. The molecule has 0 saturated carbocycles. The Balaban J connectivity index is 1.99. The molecule has 0 heterocycles. The third-order valence-corrected chi connectivity index (χ3v) is 3.17. The van der Waals surface area contributed by atoms with Crippen molar-refractivity contribution < 1.29 is 4.74 Å². The average molecular weight is 300 g/mol. The number of para-hydroxylation sites is 1. The van der Waals surface area contributed by atoms with Crippen molar-refractivity contribution in [3.05, 3.63) is 28.7 Å². The fraction of sp³-hybridized carbons (Fsp3) is 0.571. The Kier molecular flexibility index (Phi) is 8.10. The Morgan fingerprint density at radius 3 is 2.71 bits per heavy atom. The number of ether oxygens (including phenoxy) is 1. The van der Waals surface area contributed by atoms with Crippen LogP contribution in [0.4, 0.5) is 0 Å². The molecule has 0 fully saturated rings. The second kappa shape index (κ2) is 9.49. The topological polar surface area (TPSA) is 21.3 Å². The summed E-state index contributed by atoms with van der Waals surface area (Å²) in [4.78, 5) is 0. The van der Waals surface area contributed by atoms with Gasteiger partial charge in [-0.05, 0) is 66.8 Å². The summed E-state index contributed by atoms with van der Waals surface area (Å²) in [5.41, 5.74) is 0. The molecule has 1 aromatic rings. The first kappa shape index (κ1) is 14.5. The molecule has 0 atom stereocenters. The fourth-order valence-electron chi connectivity index (χ4n) is 1.57. The number of benzene rings is 1. The smallest absolute Gasteiger partial charge is 0.133 e. The number of hydrogen-bond acceptors (Lipinski definition) is 2.